The molecule has 0 bridgehead atoms. The van der Waals surface area contributed by atoms with E-state index in [1.54, 1.807) is 18.2 Å². The first-order chi connectivity index (χ1) is 11.8. The van der Waals surface area contributed by atoms with Crippen LogP contribution in [0, 0.1) is 0 Å². The van der Waals surface area contributed by atoms with Gasteiger partial charge in [0.25, 0.3) is 0 Å². The van der Waals surface area contributed by atoms with Crippen molar-refractivity contribution in [3.8, 4) is 11.5 Å². The Kier molecular flexibility index (Phi) is 6.28. The number of hydrogen-bond donors (Lipinski definition) is 3. The average molecular weight is 377 g/mol. The number of aliphatic hydroxyl groups excluding tert-OH is 1. The molecule has 0 heterocycles. The normalized spacial score (nSPS) is 12.2. The standard InChI is InChI=1S/C19H14Cl2O4/c20-16-9-12(3-7-18(16)24)1-5-14(22)11-15(23)6-2-13-4-8-19(25)17(21)10-13/h1-11,22,24-25H/b5-1?,6-2?,14-11-. The fourth-order valence-electron chi connectivity index (χ4n) is 1.86. The monoisotopic (exact) mass is 376 g/mol. The molecule has 2 rings (SSSR count). The lowest BCUT2D eigenvalue weighted by molar-refractivity contribution is -0.110. The minimum absolute atomic E-state index is 0.0340. The first-order valence-electron chi connectivity index (χ1n) is 7.13. The van der Waals surface area contributed by atoms with Crippen molar-refractivity contribution in [1.29, 1.82) is 0 Å². The van der Waals surface area contributed by atoms with E-state index < -0.39 is 5.78 Å². The lowest BCUT2D eigenvalue weighted by Gasteiger charge is -1.98. The van der Waals surface area contributed by atoms with E-state index in [1.807, 2.05) is 0 Å². The predicted molar refractivity (Wildman–Crippen MR) is 100 cm³/mol. The maximum atomic E-state index is 11.8. The van der Waals surface area contributed by atoms with E-state index in [-0.39, 0.29) is 27.3 Å². The van der Waals surface area contributed by atoms with Crippen molar-refractivity contribution in [3.05, 3.63) is 81.6 Å². The largest absolute Gasteiger partial charge is 0.508 e. The summed E-state index contributed by atoms with van der Waals surface area (Å²) in [5, 5.41) is 28.8. The van der Waals surface area contributed by atoms with Gasteiger partial charge in [-0.05, 0) is 47.5 Å². The molecule has 25 heavy (non-hydrogen) atoms. The van der Waals surface area contributed by atoms with E-state index in [0.717, 1.165) is 6.08 Å². The molecular formula is C19H14Cl2O4. The van der Waals surface area contributed by atoms with Gasteiger partial charge in [-0.15, -0.1) is 0 Å². The van der Waals surface area contributed by atoms with E-state index >= 15 is 0 Å². The second-order valence-corrected chi connectivity index (χ2v) is 5.87. The summed E-state index contributed by atoms with van der Waals surface area (Å²) in [4.78, 5) is 11.8. The van der Waals surface area contributed by atoms with Crippen molar-refractivity contribution in [2.75, 3.05) is 0 Å². The van der Waals surface area contributed by atoms with Crippen molar-refractivity contribution in [3.63, 3.8) is 0 Å². The number of phenolic OH excluding ortho intramolecular Hbond substituents is 2. The summed E-state index contributed by atoms with van der Waals surface area (Å²) in [6.07, 6.45) is 6.72. The zero-order valence-corrected chi connectivity index (χ0v) is 14.4. The van der Waals surface area contributed by atoms with Crippen LogP contribution in [0.4, 0.5) is 0 Å². The Morgan fingerprint density at radius 1 is 0.840 bits per heavy atom. The smallest absolute Gasteiger partial charge is 0.182 e. The summed E-state index contributed by atoms with van der Waals surface area (Å²) >= 11 is 11.6. The third-order valence-electron chi connectivity index (χ3n) is 3.12. The number of halogens is 2. The number of hydrogen-bond acceptors (Lipinski definition) is 4. The number of benzene rings is 2. The number of phenols is 2. The van der Waals surface area contributed by atoms with Crippen LogP contribution in [0.5, 0.6) is 11.5 Å². The van der Waals surface area contributed by atoms with Gasteiger partial charge in [-0.25, -0.2) is 0 Å². The lowest BCUT2D eigenvalue weighted by atomic mass is 10.1. The summed E-state index contributed by atoms with van der Waals surface area (Å²) in [7, 11) is 0. The third kappa shape index (κ3) is 5.71. The molecule has 0 radical (unpaired) electrons. The number of aliphatic hydroxyl groups is 1. The van der Waals surface area contributed by atoms with Crippen LogP contribution in [-0.2, 0) is 4.79 Å². The summed E-state index contributed by atoms with van der Waals surface area (Å²) in [6, 6.07) is 9.10. The van der Waals surface area contributed by atoms with E-state index in [2.05, 4.69) is 0 Å². The van der Waals surface area contributed by atoms with Crippen LogP contribution in [0.1, 0.15) is 11.1 Å². The van der Waals surface area contributed by atoms with Gasteiger partial charge >= 0.3 is 0 Å². The van der Waals surface area contributed by atoms with Crippen LogP contribution in [0.3, 0.4) is 0 Å². The highest BCUT2D eigenvalue weighted by Crippen LogP contribution is 2.25. The Bertz CT molecular complexity index is 883. The maximum Gasteiger partial charge on any atom is 0.182 e. The van der Waals surface area contributed by atoms with Crippen molar-refractivity contribution < 1.29 is 20.1 Å². The summed E-state index contributed by atoms with van der Waals surface area (Å²) in [5.74, 6) is -0.729. The zero-order chi connectivity index (χ0) is 18.4. The van der Waals surface area contributed by atoms with Gasteiger partial charge in [-0.3, -0.25) is 4.79 Å². The molecule has 3 N–H and O–H groups in total. The molecular weight excluding hydrogens is 363 g/mol. The highest BCUT2D eigenvalue weighted by Gasteiger charge is 2.00. The number of allylic oxidation sites excluding steroid dienone is 3. The van der Waals surface area contributed by atoms with Crippen LogP contribution >= 0.6 is 23.2 Å². The Morgan fingerprint density at radius 2 is 1.32 bits per heavy atom. The van der Waals surface area contributed by atoms with E-state index in [9.17, 15) is 20.1 Å². The van der Waals surface area contributed by atoms with Crippen LogP contribution in [-0.4, -0.2) is 21.1 Å². The molecule has 0 aliphatic carbocycles. The van der Waals surface area contributed by atoms with E-state index in [4.69, 9.17) is 23.2 Å². The molecule has 4 nitrogen and oxygen atoms in total. The molecule has 0 fully saturated rings. The maximum absolute atomic E-state index is 11.8. The SMILES string of the molecule is O=C(C=Cc1ccc(O)c(Cl)c1)/C=C(\O)C=Cc1ccc(O)c(Cl)c1. The minimum Gasteiger partial charge on any atom is -0.508 e. The second-order valence-electron chi connectivity index (χ2n) is 5.06. The van der Waals surface area contributed by atoms with Crippen LogP contribution in [0.25, 0.3) is 12.2 Å². The fourth-order valence-corrected chi connectivity index (χ4v) is 2.23. The van der Waals surface area contributed by atoms with Gasteiger partial charge in [0.15, 0.2) is 5.78 Å². The molecule has 2 aromatic rings. The molecule has 0 amide bonds. The molecule has 0 spiro atoms. The highest BCUT2D eigenvalue weighted by molar-refractivity contribution is 6.32. The number of carbonyl (C=O) groups is 1. The first-order valence-corrected chi connectivity index (χ1v) is 7.88. The van der Waals surface area contributed by atoms with Crippen LogP contribution < -0.4 is 0 Å². The Balaban J connectivity index is 2.03. The van der Waals surface area contributed by atoms with Crippen LogP contribution in [0.2, 0.25) is 10.0 Å². The van der Waals surface area contributed by atoms with Crippen LogP contribution in [0.15, 0.2) is 60.4 Å². The third-order valence-corrected chi connectivity index (χ3v) is 3.73. The number of rotatable bonds is 5. The number of carbonyl (C=O) groups excluding carboxylic acids is 1. The van der Waals surface area contributed by atoms with Gasteiger partial charge in [-0.2, -0.15) is 0 Å². The Morgan fingerprint density at radius 3 is 1.80 bits per heavy atom. The highest BCUT2D eigenvalue weighted by atomic mass is 35.5. The second kappa shape index (κ2) is 8.42. The van der Waals surface area contributed by atoms with Gasteiger partial charge < -0.3 is 15.3 Å². The molecule has 0 saturated carbocycles. The zero-order valence-electron chi connectivity index (χ0n) is 12.9. The molecule has 128 valence electrons. The quantitative estimate of drug-likeness (QED) is 0.383. The predicted octanol–water partition coefficient (Wildman–Crippen LogP) is 5.14. The minimum atomic E-state index is -0.421. The van der Waals surface area contributed by atoms with Gasteiger partial charge in [0, 0.05) is 6.08 Å². The van der Waals surface area contributed by atoms with Crippen molar-refractivity contribution >= 4 is 41.1 Å². The topological polar surface area (TPSA) is 77.8 Å². The Hall–Kier alpha value is -2.69. The summed E-state index contributed by atoms with van der Waals surface area (Å²) in [5.41, 5.74) is 1.29. The first kappa shape index (κ1) is 18.6. The number of ketones is 1. The lowest BCUT2D eigenvalue weighted by Crippen LogP contribution is -1.88. The van der Waals surface area contributed by atoms with Crippen molar-refractivity contribution in [1.82, 2.24) is 0 Å². The molecule has 0 unspecified atom stereocenters. The Labute approximate surface area is 154 Å². The van der Waals surface area contributed by atoms with Gasteiger partial charge in [0.2, 0.25) is 0 Å². The van der Waals surface area contributed by atoms with Gasteiger partial charge in [-0.1, -0.05) is 47.5 Å². The molecule has 2 aromatic carbocycles. The molecule has 0 aromatic heterocycles. The van der Waals surface area contributed by atoms with E-state index in [0.29, 0.717) is 11.1 Å². The molecule has 6 heteroatoms. The van der Waals surface area contributed by atoms with Gasteiger partial charge in [0.1, 0.15) is 17.3 Å². The molecule has 0 atom stereocenters. The average Bonchev–Trinajstić information content (AvgIpc) is 2.57. The van der Waals surface area contributed by atoms with Crippen molar-refractivity contribution in [2.24, 2.45) is 0 Å². The summed E-state index contributed by atoms with van der Waals surface area (Å²) < 4.78 is 0. The molecule has 0 aliphatic rings. The summed E-state index contributed by atoms with van der Waals surface area (Å²) in [6.45, 7) is 0. The van der Waals surface area contributed by atoms with Gasteiger partial charge in [0.05, 0.1) is 10.0 Å². The van der Waals surface area contributed by atoms with E-state index in [1.165, 1.54) is 42.5 Å². The van der Waals surface area contributed by atoms with Crippen molar-refractivity contribution in [2.45, 2.75) is 0 Å². The molecule has 0 saturated heterocycles. The molecule has 0 aliphatic heterocycles. The fraction of sp³-hybridized carbons (Fsp3) is 0. The number of aromatic hydroxyl groups is 2.